The Morgan fingerprint density at radius 1 is 1.04 bits per heavy atom. The zero-order chi connectivity index (χ0) is 17.5. The van der Waals surface area contributed by atoms with E-state index in [0.29, 0.717) is 5.56 Å². The molecule has 0 fully saturated rings. The standard InChI is InChI=1S/C20H21NO3/c1-4-24-20(23)18(21-17-8-6-5-7-15(17)3)13-19(22)16-11-9-14(2)10-12-16/h5-13,21H,4H2,1-3H3/b18-13+. The van der Waals surface area contributed by atoms with Crippen molar-refractivity contribution in [3.05, 3.63) is 77.0 Å². The monoisotopic (exact) mass is 323 g/mol. The molecule has 4 nitrogen and oxygen atoms in total. The average Bonchev–Trinajstić information content (AvgIpc) is 2.57. The fourth-order valence-corrected chi connectivity index (χ4v) is 2.15. The minimum absolute atomic E-state index is 0.122. The molecule has 0 spiro atoms. The zero-order valence-electron chi connectivity index (χ0n) is 14.1. The molecule has 4 heteroatoms. The number of hydrogen-bond donors (Lipinski definition) is 1. The minimum atomic E-state index is -0.554. The molecule has 0 unspecified atom stereocenters. The summed E-state index contributed by atoms with van der Waals surface area (Å²) in [5.74, 6) is -0.805. The van der Waals surface area contributed by atoms with Gasteiger partial charge in [-0.05, 0) is 32.4 Å². The van der Waals surface area contributed by atoms with Gasteiger partial charge in [-0.25, -0.2) is 4.79 Å². The molecule has 2 aromatic rings. The summed E-state index contributed by atoms with van der Waals surface area (Å²) in [6.45, 7) is 5.84. The third-order valence-electron chi connectivity index (χ3n) is 3.52. The number of anilines is 1. The summed E-state index contributed by atoms with van der Waals surface area (Å²) in [7, 11) is 0. The van der Waals surface area contributed by atoms with Crippen molar-refractivity contribution in [2.24, 2.45) is 0 Å². The summed E-state index contributed by atoms with van der Waals surface area (Å²) in [4.78, 5) is 24.6. The van der Waals surface area contributed by atoms with Crippen molar-refractivity contribution in [3.8, 4) is 0 Å². The van der Waals surface area contributed by atoms with Crippen LogP contribution in [0.1, 0.15) is 28.4 Å². The van der Waals surface area contributed by atoms with Gasteiger partial charge in [0, 0.05) is 17.3 Å². The largest absolute Gasteiger partial charge is 0.461 e. The van der Waals surface area contributed by atoms with Crippen LogP contribution in [-0.2, 0) is 9.53 Å². The maximum atomic E-state index is 12.4. The first-order chi connectivity index (χ1) is 11.5. The van der Waals surface area contributed by atoms with Gasteiger partial charge in [0.1, 0.15) is 5.70 Å². The van der Waals surface area contributed by atoms with Crippen LogP contribution in [0.5, 0.6) is 0 Å². The highest BCUT2D eigenvalue weighted by molar-refractivity contribution is 6.09. The Kier molecular flexibility index (Phi) is 5.90. The molecular weight excluding hydrogens is 302 g/mol. The number of rotatable bonds is 6. The normalized spacial score (nSPS) is 11.0. The van der Waals surface area contributed by atoms with Crippen molar-refractivity contribution in [1.82, 2.24) is 0 Å². The number of carbonyl (C=O) groups is 2. The highest BCUT2D eigenvalue weighted by atomic mass is 16.5. The molecule has 0 radical (unpaired) electrons. The van der Waals surface area contributed by atoms with Crippen molar-refractivity contribution in [2.75, 3.05) is 11.9 Å². The Morgan fingerprint density at radius 3 is 2.33 bits per heavy atom. The number of benzene rings is 2. The number of esters is 1. The van der Waals surface area contributed by atoms with Gasteiger partial charge in [0.05, 0.1) is 6.61 Å². The van der Waals surface area contributed by atoms with E-state index in [1.54, 1.807) is 19.1 Å². The quantitative estimate of drug-likeness (QED) is 0.495. The fourth-order valence-electron chi connectivity index (χ4n) is 2.15. The second kappa shape index (κ2) is 8.11. The summed E-state index contributed by atoms with van der Waals surface area (Å²) in [6.07, 6.45) is 1.29. The molecule has 1 N–H and O–H groups in total. The smallest absolute Gasteiger partial charge is 0.354 e. The summed E-state index contributed by atoms with van der Waals surface area (Å²) >= 11 is 0. The van der Waals surface area contributed by atoms with Gasteiger partial charge in [-0.1, -0.05) is 48.0 Å². The van der Waals surface area contributed by atoms with Crippen LogP contribution in [0.15, 0.2) is 60.3 Å². The van der Waals surface area contributed by atoms with Gasteiger partial charge >= 0.3 is 5.97 Å². The molecule has 2 aromatic carbocycles. The SMILES string of the molecule is CCOC(=O)/C(=C\C(=O)c1ccc(C)cc1)Nc1ccccc1C. The molecule has 2 rings (SSSR count). The summed E-state index contributed by atoms with van der Waals surface area (Å²) < 4.78 is 5.05. The lowest BCUT2D eigenvalue weighted by Gasteiger charge is -2.12. The van der Waals surface area contributed by atoms with Crippen molar-refractivity contribution in [2.45, 2.75) is 20.8 Å². The van der Waals surface area contributed by atoms with Crippen molar-refractivity contribution in [1.29, 1.82) is 0 Å². The van der Waals surface area contributed by atoms with E-state index in [9.17, 15) is 9.59 Å². The second-order valence-corrected chi connectivity index (χ2v) is 5.45. The number of aryl methyl sites for hydroxylation is 2. The van der Waals surface area contributed by atoms with E-state index in [1.165, 1.54) is 6.08 Å². The molecule has 0 aromatic heterocycles. The van der Waals surface area contributed by atoms with Crippen LogP contribution in [0.2, 0.25) is 0 Å². The molecular formula is C20H21NO3. The van der Waals surface area contributed by atoms with Gasteiger partial charge in [0.15, 0.2) is 5.78 Å². The van der Waals surface area contributed by atoms with E-state index in [4.69, 9.17) is 4.74 Å². The number of ether oxygens (including phenoxy) is 1. The van der Waals surface area contributed by atoms with Crippen LogP contribution in [0.3, 0.4) is 0 Å². The molecule has 0 aliphatic carbocycles. The molecule has 24 heavy (non-hydrogen) atoms. The zero-order valence-corrected chi connectivity index (χ0v) is 14.1. The Balaban J connectivity index is 2.31. The number of ketones is 1. The topological polar surface area (TPSA) is 55.4 Å². The molecule has 124 valence electrons. The predicted molar refractivity (Wildman–Crippen MR) is 95.0 cm³/mol. The molecule has 0 bridgehead atoms. The molecule has 0 atom stereocenters. The summed E-state index contributed by atoms with van der Waals surface area (Å²) in [6, 6.07) is 14.7. The number of allylic oxidation sites excluding steroid dienone is 1. The van der Waals surface area contributed by atoms with Crippen LogP contribution in [0, 0.1) is 13.8 Å². The second-order valence-electron chi connectivity index (χ2n) is 5.45. The van der Waals surface area contributed by atoms with Crippen molar-refractivity contribution in [3.63, 3.8) is 0 Å². The van der Waals surface area contributed by atoms with E-state index >= 15 is 0 Å². The third-order valence-corrected chi connectivity index (χ3v) is 3.52. The number of carbonyl (C=O) groups excluding carboxylic acids is 2. The Labute approximate surface area is 142 Å². The first kappa shape index (κ1) is 17.5. The van der Waals surface area contributed by atoms with Gasteiger partial charge in [-0.2, -0.15) is 0 Å². The van der Waals surface area contributed by atoms with Crippen LogP contribution in [0.25, 0.3) is 0 Å². The van der Waals surface area contributed by atoms with Gasteiger partial charge in [-0.15, -0.1) is 0 Å². The summed E-state index contributed by atoms with van der Waals surface area (Å²) in [5.41, 5.74) is 3.44. The van der Waals surface area contributed by atoms with Crippen LogP contribution in [0.4, 0.5) is 5.69 Å². The van der Waals surface area contributed by atoms with Gasteiger partial charge in [0.2, 0.25) is 0 Å². The molecule has 0 amide bonds. The molecule has 0 aliphatic rings. The van der Waals surface area contributed by atoms with Gasteiger partial charge < -0.3 is 10.1 Å². The highest BCUT2D eigenvalue weighted by Crippen LogP contribution is 2.17. The van der Waals surface area contributed by atoms with E-state index < -0.39 is 5.97 Å². The maximum Gasteiger partial charge on any atom is 0.354 e. The lowest BCUT2D eigenvalue weighted by atomic mass is 10.1. The fraction of sp³-hybridized carbons (Fsp3) is 0.200. The first-order valence-corrected chi connectivity index (χ1v) is 7.83. The lowest BCUT2D eigenvalue weighted by Crippen LogP contribution is -2.17. The van der Waals surface area contributed by atoms with E-state index in [1.807, 2.05) is 50.2 Å². The van der Waals surface area contributed by atoms with Crippen LogP contribution < -0.4 is 5.32 Å². The minimum Gasteiger partial charge on any atom is -0.461 e. The third kappa shape index (κ3) is 4.56. The number of nitrogens with one attached hydrogen (secondary N) is 1. The van der Waals surface area contributed by atoms with E-state index in [2.05, 4.69) is 5.32 Å². The lowest BCUT2D eigenvalue weighted by molar-refractivity contribution is -0.138. The Morgan fingerprint density at radius 2 is 1.71 bits per heavy atom. The highest BCUT2D eigenvalue weighted by Gasteiger charge is 2.15. The molecule has 0 aliphatic heterocycles. The number of hydrogen-bond acceptors (Lipinski definition) is 4. The van der Waals surface area contributed by atoms with Crippen LogP contribution in [-0.4, -0.2) is 18.4 Å². The predicted octanol–water partition coefficient (Wildman–Crippen LogP) is 4.05. The molecule has 0 saturated carbocycles. The maximum absolute atomic E-state index is 12.4. The van der Waals surface area contributed by atoms with Gasteiger partial charge in [0.25, 0.3) is 0 Å². The Hall–Kier alpha value is -2.88. The van der Waals surface area contributed by atoms with E-state index in [0.717, 1.165) is 16.8 Å². The molecule has 0 heterocycles. The van der Waals surface area contributed by atoms with Crippen molar-refractivity contribution < 1.29 is 14.3 Å². The van der Waals surface area contributed by atoms with Gasteiger partial charge in [-0.3, -0.25) is 4.79 Å². The summed E-state index contributed by atoms with van der Waals surface area (Å²) in [5, 5.41) is 3.01. The van der Waals surface area contributed by atoms with Crippen LogP contribution >= 0.6 is 0 Å². The average molecular weight is 323 g/mol. The molecule has 0 saturated heterocycles. The Bertz CT molecular complexity index is 761. The number of para-hydroxylation sites is 1. The van der Waals surface area contributed by atoms with Crippen molar-refractivity contribution >= 4 is 17.4 Å². The first-order valence-electron chi connectivity index (χ1n) is 7.83. The van der Waals surface area contributed by atoms with E-state index in [-0.39, 0.29) is 18.1 Å².